The van der Waals surface area contributed by atoms with E-state index in [1.54, 1.807) is 7.05 Å². The molecule has 0 saturated carbocycles. The molecule has 1 rings (SSSR count). The largest absolute Gasteiger partial charge is 0.376 e. The van der Waals surface area contributed by atoms with E-state index >= 15 is 0 Å². The molecule has 0 radical (unpaired) electrons. The number of morpholine rings is 1. The number of hydrogen-bond donors (Lipinski definition) is 2. The molecular formula is C12H25N3O2. The first-order chi connectivity index (χ1) is 8.12. The van der Waals surface area contributed by atoms with E-state index in [1.165, 1.54) is 0 Å². The standard InChI is InChI=1S/C12H25N3O2/c1-4-10-8-17-9(2)7-15(10)11(6-13)5-12(16)14-3/h9-11H,4-8,13H2,1-3H3,(H,14,16). The molecule has 3 N–H and O–H groups in total. The molecule has 1 amide bonds. The number of amides is 1. The number of nitrogens with zero attached hydrogens (tertiary/aromatic N) is 1. The van der Waals surface area contributed by atoms with Crippen LogP contribution in [0.1, 0.15) is 26.7 Å². The number of carbonyl (C=O) groups excluding carboxylic acids is 1. The topological polar surface area (TPSA) is 67.6 Å². The molecule has 3 unspecified atom stereocenters. The molecule has 1 saturated heterocycles. The maximum absolute atomic E-state index is 11.5. The Bertz CT molecular complexity index is 248. The minimum atomic E-state index is 0.0504. The van der Waals surface area contributed by atoms with Gasteiger partial charge in [-0.3, -0.25) is 9.69 Å². The first-order valence-corrected chi connectivity index (χ1v) is 6.40. The number of carbonyl (C=O) groups is 1. The van der Waals surface area contributed by atoms with Crippen LogP contribution in [0.15, 0.2) is 0 Å². The number of rotatable bonds is 5. The zero-order valence-electron chi connectivity index (χ0n) is 11.1. The Morgan fingerprint density at radius 3 is 2.88 bits per heavy atom. The monoisotopic (exact) mass is 243 g/mol. The molecule has 100 valence electrons. The molecule has 0 bridgehead atoms. The molecule has 0 aromatic rings. The quantitative estimate of drug-likeness (QED) is 0.710. The summed E-state index contributed by atoms with van der Waals surface area (Å²) in [6.07, 6.45) is 1.71. The molecule has 0 spiro atoms. The third-order valence-corrected chi connectivity index (χ3v) is 3.42. The Morgan fingerprint density at radius 2 is 2.35 bits per heavy atom. The lowest BCUT2D eigenvalue weighted by atomic mass is 10.0. The van der Waals surface area contributed by atoms with Crippen molar-refractivity contribution in [1.82, 2.24) is 10.2 Å². The van der Waals surface area contributed by atoms with Crippen molar-refractivity contribution in [3.63, 3.8) is 0 Å². The van der Waals surface area contributed by atoms with Crippen molar-refractivity contribution in [3.05, 3.63) is 0 Å². The van der Waals surface area contributed by atoms with E-state index in [1.807, 2.05) is 0 Å². The fourth-order valence-electron chi connectivity index (χ4n) is 2.32. The number of hydrogen-bond acceptors (Lipinski definition) is 4. The van der Waals surface area contributed by atoms with Gasteiger partial charge in [0.2, 0.25) is 5.91 Å². The second-order valence-corrected chi connectivity index (χ2v) is 4.67. The zero-order valence-corrected chi connectivity index (χ0v) is 11.1. The highest BCUT2D eigenvalue weighted by Crippen LogP contribution is 2.18. The van der Waals surface area contributed by atoms with Crippen molar-refractivity contribution in [2.45, 2.75) is 44.9 Å². The average molecular weight is 243 g/mol. The Kier molecular flexibility index (Phi) is 5.88. The van der Waals surface area contributed by atoms with E-state index in [0.29, 0.717) is 19.0 Å². The molecule has 1 heterocycles. The third kappa shape index (κ3) is 3.94. The third-order valence-electron chi connectivity index (χ3n) is 3.42. The number of nitrogens with one attached hydrogen (secondary N) is 1. The van der Waals surface area contributed by atoms with Crippen LogP contribution < -0.4 is 11.1 Å². The minimum absolute atomic E-state index is 0.0504. The Hall–Kier alpha value is -0.650. The van der Waals surface area contributed by atoms with Gasteiger partial charge >= 0.3 is 0 Å². The van der Waals surface area contributed by atoms with Gasteiger partial charge in [0, 0.05) is 38.6 Å². The van der Waals surface area contributed by atoms with E-state index in [9.17, 15) is 4.79 Å². The Balaban J connectivity index is 2.65. The maximum Gasteiger partial charge on any atom is 0.221 e. The van der Waals surface area contributed by atoms with Gasteiger partial charge in [0.25, 0.3) is 0 Å². The molecule has 0 aliphatic carbocycles. The molecule has 0 aromatic carbocycles. The van der Waals surface area contributed by atoms with Crippen LogP contribution in [0.2, 0.25) is 0 Å². The molecule has 1 fully saturated rings. The summed E-state index contributed by atoms with van der Waals surface area (Å²) >= 11 is 0. The Labute approximate surface area is 104 Å². The van der Waals surface area contributed by atoms with E-state index < -0.39 is 0 Å². The number of nitrogens with two attached hydrogens (primary N) is 1. The van der Waals surface area contributed by atoms with Crippen molar-refractivity contribution in [1.29, 1.82) is 0 Å². The summed E-state index contributed by atoms with van der Waals surface area (Å²) in [6, 6.07) is 0.496. The van der Waals surface area contributed by atoms with Gasteiger partial charge in [0.15, 0.2) is 0 Å². The second kappa shape index (κ2) is 6.93. The molecule has 1 aliphatic heterocycles. The highest BCUT2D eigenvalue weighted by Gasteiger charge is 2.31. The van der Waals surface area contributed by atoms with E-state index in [-0.39, 0.29) is 18.1 Å². The van der Waals surface area contributed by atoms with Crippen LogP contribution >= 0.6 is 0 Å². The molecule has 1 aliphatic rings. The van der Waals surface area contributed by atoms with Gasteiger partial charge in [-0.05, 0) is 13.3 Å². The summed E-state index contributed by atoms with van der Waals surface area (Å²) in [5.41, 5.74) is 5.81. The van der Waals surface area contributed by atoms with Gasteiger partial charge < -0.3 is 15.8 Å². The fourth-order valence-corrected chi connectivity index (χ4v) is 2.32. The van der Waals surface area contributed by atoms with Crippen LogP contribution in [0.3, 0.4) is 0 Å². The van der Waals surface area contributed by atoms with E-state index in [2.05, 4.69) is 24.1 Å². The van der Waals surface area contributed by atoms with Crippen LogP contribution in [0, 0.1) is 0 Å². The maximum atomic E-state index is 11.5. The molecule has 17 heavy (non-hydrogen) atoms. The summed E-state index contributed by atoms with van der Waals surface area (Å²) in [4.78, 5) is 13.8. The van der Waals surface area contributed by atoms with Crippen molar-refractivity contribution >= 4 is 5.91 Å². The average Bonchev–Trinajstić information content (AvgIpc) is 2.35. The van der Waals surface area contributed by atoms with Gasteiger partial charge in [-0.25, -0.2) is 0 Å². The lowest BCUT2D eigenvalue weighted by Crippen LogP contribution is -2.56. The van der Waals surface area contributed by atoms with Crippen molar-refractivity contribution in [3.8, 4) is 0 Å². The highest BCUT2D eigenvalue weighted by molar-refractivity contribution is 5.76. The smallest absolute Gasteiger partial charge is 0.221 e. The molecular weight excluding hydrogens is 218 g/mol. The lowest BCUT2D eigenvalue weighted by Gasteiger charge is -2.42. The molecule has 5 nitrogen and oxygen atoms in total. The van der Waals surface area contributed by atoms with E-state index in [0.717, 1.165) is 19.6 Å². The van der Waals surface area contributed by atoms with Crippen molar-refractivity contribution in [2.24, 2.45) is 5.73 Å². The first-order valence-electron chi connectivity index (χ1n) is 6.40. The minimum Gasteiger partial charge on any atom is -0.376 e. The van der Waals surface area contributed by atoms with Crippen LogP contribution in [0.25, 0.3) is 0 Å². The Morgan fingerprint density at radius 1 is 1.65 bits per heavy atom. The van der Waals surface area contributed by atoms with Crippen LogP contribution in [-0.4, -0.2) is 55.7 Å². The van der Waals surface area contributed by atoms with Crippen molar-refractivity contribution < 1.29 is 9.53 Å². The van der Waals surface area contributed by atoms with Gasteiger partial charge in [-0.1, -0.05) is 6.92 Å². The molecule has 5 heteroatoms. The summed E-state index contributed by atoms with van der Waals surface area (Å²) in [7, 11) is 1.66. The fraction of sp³-hybridized carbons (Fsp3) is 0.917. The summed E-state index contributed by atoms with van der Waals surface area (Å²) in [6.45, 7) is 6.31. The van der Waals surface area contributed by atoms with Crippen LogP contribution in [0.5, 0.6) is 0 Å². The lowest BCUT2D eigenvalue weighted by molar-refractivity contribution is -0.124. The summed E-state index contributed by atoms with van der Waals surface area (Å²) in [5.74, 6) is 0.0504. The molecule has 0 aromatic heterocycles. The van der Waals surface area contributed by atoms with Gasteiger partial charge in [-0.15, -0.1) is 0 Å². The SMILES string of the molecule is CCC1COC(C)CN1C(CN)CC(=O)NC. The van der Waals surface area contributed by atoms with E-state index in [4.69, 9.17) is 10.5 Å². The van der Waals surface area contributed by atoms with Crippen LogP contribution in [-0.2, 0) is 9.53 Å². The first kappa shape index (κ1) is 14.4. The highest BCUT2D eigenvalue weighted by atomic mass is 16.5. The molecule has 3 atom stereocenters. The predicted molar refractivity (Wildman–Crippen MR) is 67.7 cm³/mol. The van der Waals surface area contributed by atoms with Gasteiger partial charge in [-0.2, -0.15) is 0 Å². The zero-order chi connectivity index (χ0) is 12.8. The summed E-state index contributed by atoms with van der Waals surface area (Å²) < 4.78 is 5.65. The van der Waals surface area contributed by atoms with Crippen LogP contribution in [0.4, 0.5) is 0 Å². The van der Waals surface area contributed by atoms with Crippen molar-refractivity contribution in [2.75, 3.05) is 26.7 Å². The predicted octanol–water partition coefficient (Wildman–Crippen LogP) is -0.0509. The summed E-state index contributed by atoms with van der Waals surface area (Å²) in [5, 5.41) is 2.66. The number of ether oxygens (including phenoxy) is 1. The van der Waals surface area contributed by atoms with Gasteiger partial charge in [0.1, 0.15) is 0 Å². The van der Waals surface area contributed by atoms with Gasteiger partial charge in [0.05, 0.1) is 12.7 Å². The normalized spacial score (nSPS) is 27.8. The second-order valence-electron chi connectivity index (χ2n) is 4.67.